The van der Waals surface area contributed by atoms with Crippen LogP contribution in [0.3, 0.4) is 0 Å². The molecule has 0 saturated carbocycles. The Kier molecular flexibility index (Phi) is 7.21. The number of carbonyl (C=O) groups excluding carboxylic acids is 1. The van der Waals surface area contributed by atoms with Gasteiger partial charge in [-0.15, -0.1) is 11.3 Å². The standard InChI is InChI=1S/C22H24N2O4S/c1-16-4-8-19(9-5-16)28-14-21(25)24(12-13-26-2)22-23-20(15-29-22)17-6-10-18(27-3)11-7-17/h4-11,15H,12-14H2,1-3H3. The van der Waals surface area contributed by atoms with E-state index in [2.05, 4.69) is 4.98 Å². The number of amides is 1. The normalized spacial score (nSPS) is 10.6. The molecular formula is C22H24N2O4S. The van der Waals surface area contributed by atoms with Crippen molar-refractivity contribution in [2.75, 3.05) is 38.9 Å². The fourth-order valence-corrected chi connectivity index (χ4v) is 3.53. The first-order valence-corrected chi connectivity index (χ1v) is 10.1. The summed E-state index contributed by atoms with van der Waals surface area (Å²) in [5, 5.41) is 2.55. The fourth-order valence-electron chi connectivity index (χ4n) is 2.65. The Morgan fingerprint density at radius 1 is 1.03 bits per heavy atom. The molecule has 3 aromatic rings. The number of methoxy groups -OCH3 is 2. The number of hydrogen-bond acceptors (Lipinski definition) is 6. The van der Waals surface area contributed by atoms with Crippen LogP contribution in [0.4, 0.5) is 5.13 Å². The van der Waals surface area contributed by atoms with E-state index >= 15 is 0 Å². The summed E-state index contributed by atoms with van der Waals surface area (Å²) in [5.41, 5.74) is 2.91. The molecule has 0 aliphatic carbocycles. The van der Waals surface area contributed by atoms with E-state index in [1.807, 2.05) is 60.8 Å². The zero-order valence-electron chi connectivity index (χ0n) is 16.8. The summed E-state index contributed by atoms with van der Waals surface area (Å²) >= 11 is 1.42. The first-order chi connectivity index (χ1) is 14.1. The third-order valence-electron chi connectivity index (χ3n) is 4.31. The van der Waals surface area contributed by atoms with Crippen LogP contribution in [0.15, 0.2) is 53.9 Å². The molecule has 0 spiro atoms. The molecule has 0 bridgehead atoms. The van der Waals surface area contributed by atoms with Gasteiger partial charge in [-0.3, -0.25) is 9.69 Å². The van der Waals surface area contributed by atoms with Crippen molar-refractivity contribution in [3.8, 4) is 22.8 Å². The Bertz CT molecular complexity index is 923. The summed E-state index contributed by atoms with van der Waals surface area (Å²) in [5.74, 6) is 1.28. The lowest BCUT2D eigenvalue weighted by Gasteiger charge is -2.19. The van der Waals surface area contributed by atoms with Crippen molar-refractivity contribution in [1.29, 1.82) is 0 Å². The summed E-state index contributed by atoms with van der Waals surface area (Å²) in [7, 11) is 3.24. The smallest absolute Gasteiger partial charge is 0.266 e. The van der Waals surface area contributed by atoms with Gasteiger partial charge >= 0.3 is 0 Å². The van der Waals surface area contributed by atoms with Gasteiger partial charge in [-0.2, -0.15) is 0 Å². The molecule has 1 heterocycles. The summed E-state index contributed by atoms with van der Waals surface area (Å²) in [4.78, 5) is 19.1. The average molecular weight is 413 g/mol. The van der Waals surface area contributed by atoms with Crippen LogP contribution in [0.2, 0.25) is 0 Å². The highest BCUT2D eigenvalue weighted by Gasteiger charge is 2.20. The Balaban J connectivity index is 1.72. The minimum atomic E-state index is -0.168. The monoisotopic (exact) mass is 412 g/mol. The van der Waals surface area contributed by atoms with E-state index in [9.17, 15) is 4.79 Å². The Hall–Kier alpha value is -2.90. The van der Waals surface area contributed by atoms with Crippen molar-refractivity contribution >= 4 is 22.4 Å². The first kappa shape index (κ1) is 20.8. The molecule has 0 aliphatic heterocycles. The van der Waals surface area contributed by atoms with Crippen LogP contribution in [-0.2, 0) is 9.53 Å². The molecule has 0 saturated heterocycles. The SMILES string of the molecule is COCCN(C(=O)COc1ccc(C)cc1)c1nc(-c2ccc(OC)cc2)cs1. The van der Waals surface area contributed by atoms with Gasteiger partial charge < -0.3 is 14.2 Å². The molecule has 152 valence electrons. The quantitative estimate of drug-likeness (QED) is 0.528. The van der Waals surface area contributed by atoms with Crippen molar-refractivity contribution in [3.63, 3.8) is 0 Å². The zero-order valence-corrected chi connectivity index (χ0v) is 17.6. The molecule has 7 heteroatoms. The molecule has 0 radical (unpaired) electrons. The molecule has 0 fully saturated rings. The molecule has 1 aromatic heterocycles. The van der Waals surface area contributed by atoms with Gasteiger partial charge in [0.15, 0.2) is 11.7 Å². The van der Waals surface area contributed by atoms with Crippen LogP contribution in [-0.4, -0.2) is 44.9 Å². The molecule has 0 aliphatic rings. The van der Waals surface area contributed by atoms with Crippen molar-refractivity contribution in [2.24, 2.45) is 0 Å². The van der Waals surface area contributed by atoms with E-state index in [1.165, 1.54) is 11.3 Å². The largest absolute Gasteiger partial charge is 0.497 e. The lowest BCUT2D eigenvalue weighted by molar-refractivity contribution is -0.120. The maximum absolute atomic E-state index is 12.8. The van der Waals surface area contributed by atoms with E-state index in [1.54, 1.807) is 19.1 Å². The molecule has 29 heavy (non-hydrogen) atoms. The maximum Gasteiger partial charge on any atom is 0.266 e. The highest BCUT2D eigenvalue weighted by atomic mass is 32.1. The van der Waals surface area contributed by atoms with Crippen LogP contribution >= 0.6 is 11.3 Å². The van der Waals surface area contributed by atoms with Gasteiger partial charge in [0.2, 0.25) is 0 Å². The van der Waals surface area contributed by atoms with E-state index < -0.39 is 0 Å². The van der Waals surface area contributed by atoms with Crippen LogP contribution in [0.25, 0.3) is 11.3 Å². The predicted molar refractivity (Wildman–Crippen MR) is 115 cm³/mol. The number of benzene rings is 2. The first-order valence-electron chi connectivity index (χ1n) is 9.19. The van der Waals surface area contributed by atoms with Gasteiger partial charge in [0.1, 0.15) is 11.5 Å². The average Bonchev–Trinajstić information content (AvgIpc) is 3.23. The fraction of sp³-hybridized carbons (Fsp3) is 0.273. The Morgan fingerprint density at radius 3 is 2.38 bits per heavy atom. The Morgan fingerprint density at radius 2 is 1.72 bits per heavy atom. The van der Waals surface area contributed by atoms with Crippen LogP contribution in [0.5, 0.6) is 11.5 Å². The topological polar surface area (TPSA) is 60.9 Å². The van der Waals surface area contributed by atoms with E-state index in [4.69, 9.17) is 14.2 Å². The number of ether oxygens (including phenoxy) is 3. The van der Waals surface area contributed by atoms with Gasteiger partial charge in [0.05, 0.1) is 26.0 Å². The lowest BCUT2D eigenvalue weighted by atomic mass is 10.2. The predicted octanol–water partition coefficient (Wildman–Crippen LogP) is 4.19. The zero-order chi connectivity index (χ0) is 20.6. The maximum atomic E-state index is 12.8. The molecular weight excluding hydrogens is 388 g/mol. The van der Waals surface area contributed by atoms with Crippen molar-refractivity contribution in [2.45, 2.75) is 6.92 Å². The van der Waals surface area contributed by atoms with Crippen LogP contribution in [0.1, 0.15) is 5.56 Å². The van der Waals surface area contributed by atoms with E-state index in [-0.39, 0.29) is 12.5 Å². The second kappa shape index (κ2) is 10.0. The number of carbonyl (C=O) groups is 1. The third-order valence-corrected chi connectivity index (χ3v) is 5.18. The second-order valence-electron chi connectivity index (χ2n) is 6.38. The van der Waals surface area contributed by atoms with E-state index in [0.717, 1.165) is 22.6 Å². The lowest BCUT2D eigenvalue weighted by Crippen LogP contribution is -2.37. The van der Waals surface area contributed by atoms with Gasteiger partial charge in [0, 0.05) is 18.1 Å². The number of aromatic nitrogens is 1. The molecule has 6 nitrogen and oxygen atoms in total. The Labute approximate surface area is 174 Å². The molecule has 0 N–H and O–H groups in total. The van der Waals surface area contributed by atoms with Gasteiger partial charge in [-0.05, 0) is 43.3 Å². The van der Waals surface area contributed by atoms with Crippen LogP contribution in [0, 0.1) is 6.92 Å². The van der Waals surface area contributed by atoms with E-state index in [0.29, 0.717) is 24.0 Å². The summed E-state index contributed by atoms with van der Waals surface area (Å²) in [6.07, 6.45) is 0. The summed E-state index contributed by atoms with van der Waals surface area (Å²) in [6, 6.07) is 15.3. The van der Waals surface area contributed by atoms with Crippen molar-refractivity contribution < 1.29 is 19.0 Å². The van der Waals surface area contributed by atoms with Gasteiger partial charge in [0.25, 0.3) is 5.91 Å². The molecule has 2 aromatic carbocycles. The van der Waals surface area contributed by atoms with Gasteiger partial charge in [-0.1, -0.05) is 17.7 Å². The number of aryl methyl sites for hydroxylation is 1. The number of nitrogens with zero attached hydrogens (tertiary/aromatic N) is 2. The summed E-state index contributed by atoms with van der Waals surface area (Å²) in [6.45, 7) is 2.75. The molecule has 1 amide bonds. The highest BCUT2D eigenvalue weighted by Crippen LogP contribution is 2.28. The minimum absolute atomic E-state index is 0.0653. The summed E-state index contributed by atoms with van der Waals surface area (Å²) < 4.78 is 16.0. The molecule has 0 atom stereocenters. The second-order valence-corrected chi connectivity index (χ2v) is 7.22. The molecule has 3 rings (SSSR count). The van der Waals surface area contributed by atoms with Crippen molar-refractivity contribution in [1.82, 2.24) is 4.98 Å². The minimum Gasteiger partial charge on any atom is -0.497 e. The van der Waals surface area contributed by atoms with Gasteiger partial charge in [-0.25, -0.2) is 4.98 Å². The van der Waals surface area contributed by atoms with Crippen LogP contribution < -0.4 is 14.4 Å². The number of rotatable bonds is 9. The van der Waals surface area contributed by atoms with Crippen molar-refractivity contribution in [3.05, 3.63) is 59.5 Å². The number of hydrogen-bond donors (Lipinski definition) is 0. The highest BCUT2D eigenvalue weighted by molar-refractivity contribution is 7.14. The third kappa shape index (κ3) is 5.56. The number of thiazole rings is 1. The number of anilines is 1. The molecule has 0 unspecified atom stereocenters.